The van der Waals surface area contributed by atoms with Crippen molar-refractivity contribution in [1.29, 1.82) is 0 Å². The van der Waals surface area contributed by atoms with E-state index >= 15 is 0 Å². The number of esters is 1. The second-order valence-electron chi connectivity index (χ2n) is 8.28. The third-order valence-electron chi connectivity index (χ3n) is 5.90. The lowest BCUT2D eigenvalue weighted by molar-refractivity contribution is -0.138. The monoisotopic (exact) mass is 497 g/mol. The third-order valence-corrected chi connectivity index (χ3v) is 7.81. The van der Waals surface area contributed by atoms with Gasteiger partial charge in [0.2, 0.25) is 10.0 Å². The largest absolute Gasteiger partial charge is 0.497 e. The van der Waals surface area contributed by atoms with Crippen LogP contribution in [0, 0.1) is 0 Å². The summed E-state index contributed by atoms with van der Waals surface area (Å²) in [7, 11) is -2.01. The number of benzene rings is 2. The highest BCUT2D eigenvalue weighted by atomic mass is 32.2. The van der Waals surface area contributed by atoms with Crippen LogP contribution in [0.2, 0.25) is 0 Å². The van der Waals surface area contributed by atoms with Gasteiger partial charge in [0.1, 0.15) is 17.9 Å². The van der Waals surface area contributed by atoms with Crippen LogP contribution in [-0.2, 0) is 26.2 Å². The highest BCUT2D eigenvalue weighted by molar-refractivity contribution is 7.89. The molecule has 9 heteroatoms. The van der Waals surface area contributed by atoms with Crippen LogP contribution in [0.3, 0.4) is 0 Å². The van der Waals surface area contributed by atoms with Crippen molar-refractivity contribution in [2.75, 3.05) is 20.2 Å². The number of hydrogen-bond donors (Lipinski definition) is 0. The molecule has 0 unspecified atom stereocenters. The summed E-state index contributed by atoms with van der Waals surface area (Å²) < 4.78 is 43.0. The van der Waals surface area contributed by atoms with E-state index in [0.717, 1.165) is 25.7 Å². The summed E-state index contributed by atoms with van der Waals surface area (Å²) in [6.45, 7) is 0.981. The first-order chi connectivity index (χ1) is 16.9. The molecule has 0 saturated carbocycles. The average molecular weight is 498 g/mol. The second kappa shape index (κ2) is 10.9. The Balaban J connectivity index is 1.40. The van der Waals surface area contributed by atoms with Gasteiger partial charge >= 0.3 is 11.6 Å². The Labute approximate surface area is 203 Å². The van der Waals surface area contributed by atoms with E-state index in [1.165, 1.54) is 19.3 Å². The fraction of sp³-hybridized carbons (Fsp3) is 0.308. The molecule has 184 valence electrons. The van der Waals surface area contributed by atoms with Crippen LogP contribution in [0.4, 0.5) is 0 Å². The summed E-state index contributed by atoms with van der Waals surface area (Å²) in [4.78, 5) is 24.4. The number of nitrogens with zero attached hydrogens (tertiary/aromatic N) is 1. The molecule has 1 fully saturated rings. The molecule has 0 amide bonds. The normalized spacial score (nSPS) is 15.2. The van der Waals surface area contributed by atoms with Crippen LogP contribution in [-0.4, -0.2) is 38.9 Å². The van der Waals surface area contributed by atoms with E-state index in [2.05, 4.69) is 0 Å². The van der Waals surface area contributed by atoms with Gasteiger partial charge < -0.3 is 13.9 Å². The van der Waals surface area contributed by atoms with Gasteiger partial charge in [-0.2, -0.15) is 4.31 Å². The van der Waals surface area contributed by atoms with Crippen LogP contribution >= 0.6 is 0 Å². The number of carbonyl (C=O) groups is 1. The predicted molar refractivity (Wildman–Crippen MR) is 132 cm³/mol. The van der Waals surface area contributed by atoms with Gasteiger partial charge in [0, 0.05) is 42.2 Å². The molecular weight excluding hydrogens is 470 g/mol. The maximum atomic E-state index is 12.9. The second-order valence-corrected chi connectivity index (χ2v) is 10.2. The molecular formula is C26H27NO7S. The van der Waals surface area contributed by atoms with Crippen molar-refractivity contribution in [3.8, 4) is 5.75 Å². The Hall–Kier alpha value is -3.43. The smallest absolute Gasteiger partial charge is 0.336 e. The number of rotatable bonds is 7. The maximum Gasteiger partial charge on any atom is 0.336 e. The molecule has 1 saturated heterocycles. The van der Waals surface area contributed by atoms with Gasteiger partial charge in [0.25, 0.3) is 0 Å². The van der Waals surface area contributed by atoms with Gasteiger partial charge in [0.15, 0.2) is 0 Å². The van der Waals surface area contributed by atoms with Crippen molar-refractivity contribution in [2.24, 2.45) is 0 Å². The molecule has 1 aliphatic rings. The quantitative estimate of drug-likeness (QED) is 0.275. The van der Waals surface area contributed by atoms with Crippen LogP contribution in [0.15, 0.2) is 68.7 Å². The van der Waals surface area contributed by atoms with E-state index in [1.807, 2.05) is 0 Å². The zero-order valence-corrected chi connectivity index (χ0v) is 20.3. The number of ether oxygens (including phenoxy) is 2. The molecule has 2 aromatic carbocycles. The first kappa shape index (κ1) is 24.7. The molecule has 1 aliphatic heterocycles. The van der Waals surface area contributed by atoms with E-state index in [-0.39, 0.29) is 11.5 Å². The van der Waals surface area contributed by atoms with Crippen LogP contribution in [0.1, 0.15) is 36.8 Å². The lowest BCUT2D eigenvalue weighted by Gasteiger charge is -2.19. The Morgan fingerprint density at radius 3 is 2.43 bits per heavy atom. The van der Waals surface area contributed by atoms with Gasteiger partial charge in [-0.3, -0.25) is 0 Å². The molecule has 0 N–H and O–H groups in total. The fourth-order valence-corrected chi connectivity index (χ4v) is 5.52. The Morgan fingerprint density at radius 2 is 1.74 bits per heavy atom. The van der Waals surface area contributed by atoms with Gasteiger partial charge in [0.05, 0.1) is 12.0 Å². The van der Waals surface area contributed by atoms with E-state index in [4.69, 9.17) is 13.9 Å². The van der Waals surface area contributed by atoms with E-state index in [1.54, 1.807) is 52.8 Å². The summed E-state index contributed by atoms with van der Waals surface area (Å²) >= 11 is 0. The van der Waals surface area contributed by atoms with Crippen molar-refractivity contribution < 1.29 is 27.1 Å². The summed E-state index contributed by atoms with van der Waals surface area (Å²) in [5.74, 6) is -0.0517. The van der Waals surface area contributed by atoms with Gasteiger partial charge in [-0.15, -0.1) is 0 Å². The topological polar surface area (TPSA) is 103 Å². The SMILES string of the molecule is COc1ccc2c(COC(=O)/C=C\c3ccc(S(=O)(=O)N4CCCCCC4)cc3)cc(=O)oc2c1. The van der Waals surface area contributed by atoms with Crippen LogP contribution in [0.5, 0.6) is 5.75 Å². The Morgan fingerprint density at radius 1 is 1.03 bits per heavy atom. The van der Waals surface area contributed by atoms with Crippen LogP contribution < -0.4 is 10.4 Å². The number of hydrogen-bond acceptors (Lipinski definition) is 7. The highest BCUT2D eigenvalue weighted by Gasteiger charge is 2.24. The van der Waals surface area contributed by atoms with Crippen molar-refractivity contribution in [1.82, 2.24) is 4.31 Å². The van der Waals surface area contributed by atoms with E-state index in [0.29, 0.717) is 40.9 Å². The van der Waals surface area contributed by atoms with Crippen molar-refractivity contribution in [2.45, 2.75) is 37.2 Å². The predicted octanol–water partition coefficient (Wildman–Crippen LogP) is 4.12. The number of methoxy groups -OCH3 is 1. The molecule has 0 spiro atoms. The number of carbonyl (C=O) groups excluding carboxylic acids is 1. The summed E-state index contributed by atoms with van der Waals surface area (Å²) in [6.07, 6.45) is 6.66. The molecule has 1 aromatic heterocycles. The Bertz CT molecular complexity index is 1380. The summed E-state index contributed by atoms with van der Waals surface area (Å²) in [5.41, 5.74) is 0.967. The first-order valence-electron chi connectivity index (χ1n) is 11.4. The molecule has 0 aliphatic carbocycles. The molecule has 2 heterocycles. The fourth-order valence-electron chi connectivity index (χ4n) is 4.00. The summed E-state index contributed by atoms with van der Waals surface area (Å²) in [5, 5.41) is 0.642. The van der Waals surface area contributed by atoms with Gasteiger partial charge in [-0.05, 0) is 48.7 Å². The highest BCUT2D eigenvalue weighted by Crippen LogP contribution is 2.23. The number of fused-ring (bicyclic) bond motifs is 1. The molecule has 35 heavy (non-hydrogen) atoms. The molecule has 0 bridgehead atoms. The first-order valence-corrected chi connectivity index (χ1v) is 12.9. The molecule has 0 radical (unpaired) electrons. The molecule has 0 atom stereocenters. The third kappa shape index (κ3) is 5.98. The van der Waals surface area contributed by atoms with E-state index < -0.39 is 21.6 Å². The van der Waals surface area contributed by atoms with Crippen molar-refractivity contribution in [3.05, 3.63) is 76.2 Å². The van der Waals surface area contributed by atoms with Crippen molar-refractivity contribution >= 4 is 33.0 Å². The van der Waals surface area contributed by atoms with Crippen molar-refractivity contribution in [3.63, 3.8) is 0 Å². The zero-order chi connectivity index (χ0) is 24.8. The average Bonchev–Trinajstić information content (AvgIpc) is 3.16. The summed E-state index contributed by atoms with van der Waals surface area (Å²) in [6, 6.07) is 12.7. The van der Waals surface area contributed by atoms with Crippen LogP contribution in [0.25, 0.3) is 17.0 Å². The molecule has 8 nitrogen and oxygen atoms in total. The minimum Gasteiger partial charge on any atom is -0.497 e. The van der Waals surface area contributed by atoms with Gasteiger partial charge in [-0.25, -0.2) is 18.0 Å². The zero-order valence-electron chi connectivity index (χ0n) is 19.4. The lowest BCUT2D eigenvalue weighted by atomic mass is 10.1. The Kier molecular flexibility index (Phi) is 7.67. The van der Waals surface area contributed by atoms with Gasteiger partial charge in [-0.1, -0.05) is 25.0 Å². The minimum atomic E-state index is -3.52. The maximum absolute atomic E-state index is 12.9. The molecule has 3 aromatic rings. The standard InChI is InChI=1S/C26H27NO7S/c1-32-21-9-12-23-20(16-26(29)34-24(23)17-21)18-33-25(28)13-8-19-6-10-22(11-7-19)35(30,31)27-14-4-2-3-5-15-27/h6-13,16-17H,2-5,14-15,18H2,1H3/b13-8-. The molecule has 4 rings (SSSR count). The number of sulfonamides is 1. The van der Waals surface area contributed by atoms with E-state index in [9.17, 15) is 18.0 Å². The lowest BCUT2D eigenvalue weighted by Crippen LogP contribution is -2.31. The minimum absolute atomic E-state index is 0.107.